The van der Waals surface area contributed by atoms with Gasteiger partial charge >= 0.3 is 0 Å². The maximum atomic E-state index is 11.5. The van der Waals surface area contributed by atoms with Crippen LogP contribution >= 0.6 is 23.1 Å². The van der Waals surface area contributed by atoms with Gasteiger partial charge in [0.15, 0.2) is 4.34 Å². The molecule has 4 nitrogen and oxygen atoms in total. The fraction of sp³-hybridized carbons (Fsp3) is 0.154. The molecule has 0 radical (unpaired) electrons. The summed E-state index contributed by atoms with van der Waals surface area (Å²) in [5.74, 6) is 0.866. The molecule has 96 valence electrons. The lowest BCUT2D eigenvalue weighted by Gasteiger charge is -1.96. The Bertz CT molecular complexity index is 764. The van der Waals surface area contributed by atoms with E-state index in [1.807, 2.05) is 18.2 Å². The Hall–Kier alpha value is -1.66. The van der Waals surface area contributed by atoms with E-state index in [0.29, 0.717) is 10.5 Å². The van der Waals surface area contributed by atoms with Crippen molar-refractivity contribution in [1.29, 1.82) is 0 Å². The van der Waals surface area contributed by atoms with Crippen LogP contribution in [-0.2, 0) is 5.75 Å². The first-order valence-electron chi connectivity index (χ1n) is 5.76. The van der Waals surface area contributed by atoms with Crippen LogP contribution in [0, 0.1) is 6.92 Å². The molecule has 1 aromatic carbocycles. The molecule has 0 aliphatic heterocycles. The number of hydrogen-bond acceptors (Lipinski definition) is 5. The third kappa shape index (κ3) is 2.69. The maximum absolute atomic E-state index is 11.5. The highest BCUT2D eigenvalue weighted by molar-refractivity contribution is 8.00. The van der Waals surface area contributed by atoms with E-state index >= 15 is 0 Å². The highest BCUT2D eigenvalue weighted by atomic mass is 32.2. The summed E-state index contributed by atoms with van der Waals surface area (Å²) in [5, 5.41) is 4.43. The van der Waals surface area contributed by atoms with Gasteiger partial charge in [-0.3, -0.25) is 4.79 Å². The Labute approximate surface area is 118 Å². The van der Waals surface area contributed by atoms with E-state index in [2.05, 4.69) is 22.2 Å². The summed E-state index contributed by atoms with van der Waals surface area (Å²) >= 11 is 3.10. The Kier molecular flexibility index (Phi) is 3.35. The second kappa shape index (κ2) is 5.14. The maximum Gasteiger partial charge on any atom is 0.276 e. The van der Waals surface area contributed by atoms with Crippen molar-refractivity contribution < 1.29 is 0 Å². The number of benzene rings is 1. The molecule has 6 heteroatoms. The third-order valence-corrected chi connectivity index (χ3v) is 4.75. The molecular formula is C13H11N3OS2. The van der Waals surface area contributed by atoms with Gasteiger partial charge in [-0.25, -0.2) is 4.52 Å². The molecular weight excluding hydrogens is 278 g/mol. The molecule has 2 aromatic heterocycles. The molecule has 0 aliphatic rings. The molecule has 0 atom stereocenters. The van der Waals surface area contributed by atoms with Crippen LogP contribution in [0.2, 0.25) is 0 Å². The van der Waals surface area contributed by atoms with Crippen molar-refractivity contribution in [2.75, 3.05) is 0 Å². The van der Waals surface area contributed by atoms with Crippen LogP contribution < -0.4 is 5.56 Å². The second-order valence-corrected chi connectivity index (χ2v) is 6.28. The Morgan fingerprint density at radius 3 is 2.89 bits per heavy atom. The van der Waals surface area contributed by atoms with Crippen molar-refractivity contribution in [3.05, 3.63) is 58.0 Å². The quantitative estimate of drug-likeness (QED) is 0.696. The lowest BCUT2D eigenvalue weighted by Crippen LogP contribution is -2.10. The van der Waals surface area contributed by atoms with Crippen LogP contribution in [0.15, 0.2) is 45.7 Å². The van der Waals surface area contributed by atoms with Crippen molar-refractivity contribution in [2.45, 2.75) is 17.0 Å². The highest BCUT2D eigenvalue weighted by Gasteiger charge is 2.07. The van der Waals surface area contributed by atoms with Crippen molar-refractivity contribution in [3.63, 3.8) is 0 Å². The molecule has 3 rings (SSSR count). The minimum absolute atomic E-state index is 0.178. The number of hydrogen-bond donors (Lipinski definition) is 0. The molecule has 0 saturated heterocycles. The fourth-order valence-corrected chi connectivity index (χ4v) is 3.49. The lowest BCUT2D eigenvalue weighted by atomic mass is 10.2. The van der Waals surface area contributed by atoms with E-state index in [0.717, 1.165) is 10.1 Å². The number of nitrogens with zero attached hydrogens (tertiary/aromatic N) is 3. The number of aromatic nitrogens is 3. The lowest BCUT2D eigenvalue weighted by molar-refractivity contribution is 0.875. The summed E-state index contributed by atoms with van der Waals surface area (Å²) in [4.78, 5) is 16.1. The van der Waals surface area contributed by atoms with Crippen molar-refractivity contribution in [2.24, 2.45) is 0 Å². The molecule has 0 unspecified atom stereocenters. The topological polar surface area (TPSA) is 47.3 Å². The van der Waals surface area contributed by atoms with E-state index in [4.69, 9.17) is 0 Å². The van der Waals surface area contributed by atoms with Crippen LogP contribution in [0.4, 0.5) is 0 Å². The largest absolute Gasteiger partial charge is 0.276 e. The summed E-state index contributed by atoms with van der Waals surface area (Å²) in [7, 11) is 0. The van der Waals surface area contributed by atoms with Gasteiger partial charge < -0.3 is 0 Å². The summed E-state index contributed by atoms with van der Waals surface area (Å²) in [6, 6.07) is 10.2. The van der Waals surface area contributed by atoms with Gasteiger partial charge in [-0.05, 0) is 12.5 Å². The SMILES string of the molecule is Cc1cn2nc(SCc3ccccc3)sc2nc1=O. The average Bonchev–Trinajstić information content (AvgIpc) is 2.80. The zero-order valence-electron chi connectivity index (χ0n) is 10.2. The van der Waals surface area contributed by atoms with E-state index in [1.165, 1.54) is 16.9 Å². The first-order chi connectivity index (χ1) is 9.22. The standard InChI is InChI=1S/C13H11N3OS2/c1-9-7-16-12(14-11(9)17)19-13(15-16)18-8-10-5-3-2-4-6-10/h2-7H,8H2,1H3. The van der Waals surface area contributed by atoms with Gasteiger partial charge in [0.2, 0.25) is 4.96 Å². The highest BCUT2D eigenvalue weighted by Crippen LogP contribution is 2.26. The molecule has 0 N–H and O–H groups in total. The van der Waals surface area contributed by atoms with Crippen LogP contribution in [0.25, 0.3) is 4.96 Å². The minimum Gasteiger partial charge on any atom is -0.267 e. The van der Waals surface area contributed by atoms with Crippen molar-refractivity contribution >= 4 is 28.1 Å². The fourth-order valence-electron chi connectivity index (χ4n) is 1.63. The van der Waals surface area contributed by atoms with Gasteiger partial charge in [0, 0.05) is 17.5 Å². The van der Waals surface area contributed by atoms with E-state index in [-0.39, 0.29) is 5.56 Å². The summed E-state index contributed by atoms with van der Waals surface area (Å²) in [6.45, 7) is 1.75. The third-order valence-electron chi connectivity index (χ3n) is 2.62. The first-order valence-corrected chi connectivity index (χ1v) is 7.56. The van der Waals surface area contributed by atoms with Gasteiger partial charge in [0.25, 0.3) is 5.56 Å². The Morgan fingerprint density at radius 1 is 1.32 bits per heavy atom. The van der Waals surface area contributed by atoms with Gasteiger partial charge in [-0.2, -0.15) is 4.98 Å². The van der Waals surface area contributed by atoms with Gasteiger partial charge in [0.1, 0.15) is 0 Å². The zero-order chi connectivity index (χ0) is 13.2. The van der Waals surface area contributed by atoms with E-state index < -0.39 is 0 Å². The van der Waals surface area contributed by atoms with Gasteiger partial charge in [-0.15, -0.1) is 5.10 Å². The molecule has 0 amide bonds. The average molecular weight is 289 g/mol. The molecule has 0 fully saturated rings. The predicted molar refractivity (Wildman–Crippen MR) is 77.9 cm³/mol. The van der Waals surface area contributed by atoms with Gasteiger partial charge in [-0.1, -0.05) is 53.4 Å². The number of fused-ring (bicyclic) bond motifs is 1. The number of rotatable bonds is 3. The minimum atomic E-state index is -0.178. The molecule has 0 bridgehead atoms. The zero-order valence-corrected chi connectivity index (χ0v) is 11.9. The Morgan fingerprint density at radius 2 is 2.11 bits per heavy atom. The molecule has 19 heavy (non-hydrogen) atoms. The monoisotopic (exact) mass is 289 g/mol. The van der Waals surface area contributed by atoms with E-state index in [9.17, 15) is 4.79 Å². The summed E-state index contributed by atoms with van der Waals surface area (Å²) in [5.41, 5.74) is 1.69. The molecule has 0 saturated carbocycles. The molecule has 0 aliphatic carbocycles. The number of aryl methyl sites for hydroxylation is 1. The van der Waals surface area contributed by atoms with Crippen LogP contribution in [0.1, 0.15) is 11.1 Å². The van der Waals surface area contributed by atoms with Crippen molar-refractivity contribution in [1.82, 2.24) is 14.6 Å². The summed E-state index contributed by atoms with van der Waals surface area (Å²) in [6.07, 6.45) is 1.73. The normalized spacial score (nSPS) is 11.0. The summed E-state index contributed by atoms with van der Waals surface area (Å²) < 4.78 is 2.59. The van der Waals surface area contributed by atoms with Crippen LogP contribution in [0.3, 0.4) is 0 Å². The second-order valence-electron chi connectivity index (χ2n) is 4.10. The molecule has 2 heterocycles. The van der Waals surface area contributed by atoms with Crippen LogP contribution in [0.5, 0.6) is 0 Å². The van der Waals surface area contributed by atoms with Crippen LogP contribution in [-0.4, -0.2) is 14.6 Å². The van der Waals surface area contributed by atoms with Crippen molar-refractivity contribution in [3.8, 4) is 0 Å². The smallest absolute Gasteiger partial charge is 0.267 e. The first kappa shape index (κ1) is 12.4. The number of thioether (sulfide) groups is 1. The predicted octanol–water partition coefficient (Wildman–Crippen LogP) is 2.75. The van der Waals surface area contributed by atoms with E-state index in [1.54, 1.807) is 29.4 Å². The van der Waals surface area contributed by atoms with Gasteiger partial charge in [0.05, 0.1) is 0 Å². The molecule has 0 spiro atoms. The molecule has 3 aromatic rings. The Balaban J connectivity index is 1.84.